The summed E-state index contributed by atoms with van der Waals surface area (Å²) in [5, 5.41) is 2.89. The predicted molar refractivity (Wildman–Crippen MR) is 126 cm³/mol. The first-order valence-electron chi connectivity index (χ1n) is 11.7. The lowest BCUT2D eigenvalue weighted by atomic mass is 9.96. The van der Waals surface area contributed by atoms with E-state index in [0.717, 1.165) is 37.9 Å². The summed E-state index contributed by atoms with van der Waals surface area (Å²) in [7, 11) is -3.68. The molecule has 2 amide bonds. The van der Waals surface area contributed by atoms with E-state index >= 15 is 0 Å². The van der Waals surface area contributed by atoms with E-state index in [1.54, 1.807) is 32.0 Å². The lowest BCUT2D eigenvalue weighted by molar-refractivity contribution is -0.125. The first-order valence-corrected chi connectivity index (χ1v) is 13.1. The van der Waals surface area contributed by atoms with Gasteiger partial charge in [0.15, 0.2) is 0 Å². The van der Waals surface area contributed by atoms with Gasteiger partial charge in [0.1, 0.15) is 12.6 Å². The number of hydrogen-bond donors (Lipinski definition) is 1. The molecule has 2 aliphatic heterocycles. The van der Waals surface area contributed by atoms with E-state index in [2.05, 4.69) is 24.1 Å². The van der Waals surface area contributed by atoms with Gasteiger partial charge in [-0.15, -0.1) is 0 Å². The average Bonchev–Trinajstić information content (AvgIpc) is 2.76. The van der Waals surface area contributed by atoms with Crippen LogP contribution < -0.4 is 15.1 Å². The topological polar surface area (TPSA) is 90.0 Å². The highest BCUT2D eigenvalue weighted by atomic mass is 32.2. The molecule has 1 aromatic rings. The van der Waals surface area contributed by atoms with E-state index in [0.29, 0.717) is 31.2 Å². The molecule has 9 heteroatoms. The van der Waals surface area contributed by atoms with Crippen molar-refractivity contribution in [3.63, 3.8) is 0 Å². The van der Waals surface area contributed by atoms with Gasteiger partial charge in [0, 0.05) is 26.2 Å². The summed E-state index contributed by atoms with van der Waals surface area (Å²) >= 11 is 0. The maximum absolute atomic E-state index is 13.4. The van der Waals surface area contributed by atoms with Crippen molar-refractivity contribution < 1.29 is 18.0 Å². The van der Waals surface area contributed by atoms with Crippen LogP contribution in [0.5, 0.6) is 0 Å². The van der Waals surface area contributed by atoms with Crippen LogP contribution in [0, 0.1) is 5.92 Å². The number of nitrogens with zero attached hydrogens (tertiary/aromatic N) is 3. The number of hydrogen-bond acceptors (Lipinski definition) is 5. The molecule has 32 heavy (non-hydrogen) atoms. The van der Waals surface area contributed by atoms with Gasteiger partial charge in [0.25, 0.3) is 0 Å². The summed E-state index contributed by atoms with van der Waals surface area (Å²) in [4.78, 5) is 29.7. The van der Waals surface area contributed by atoms with Crippen molar-refractivity contribution in [2.24, 2.45) is 5.92 Å². The van der Waals surface area contributed by atoms with Crippen LogP contribution in [-0.2, 0) is 19.6 Å². The maximum Gasteiger partial charge on any atom is 0.250 e. The molecule has 0 spiro atoms. The number of benzene rings is 1. The zero-order chi connectivity index (χ0) is 23.5. The number of nitrogens with one attached hydrogen (secondary N) is 1. The molecule has 3 rings (SSSR count). The first-order chi connectivity index (χ1) is 15.2. The van der Waals surface area contributed by atoms with Gasteiger partial charge in [-0.2, -0.15) is 4.31 Å². The predicted octanol–water partition coefficient (Wildman–Crippen LogP) is 2.58. The summed E-state index contributed by atoms with van der Waals surface area (Å²) in [5.74, 6) is 0.107. The molecule has 2 aliphatic rings. The van der Waals surface area contributed by atoms with Crippen molar-refractivity contribution in [1.82, 2.24) is 9.62 Å². The van der Waals surface area contributed by atoms with Crippen LogP contribution in [0.2, 0.25) is 0 Å². The Kier molecular flexibility index (Phi) is 7.82. The molecular formula is C23H36N4O4S. The van der Waals surface area contributed by atoms with E-state index in [1.807, 2.05) is 0 Å². The van der Waals surface area contributed by atoms with Crippen LogP contribution in [0.4, 0.5) is 11.4 Å². The van der Waals surface area contributed by atoms with E-state index < -0.39 is 10.0 Å². The number of carbonyl (C=O) groups excluding carboxylic acids is 2. The van der Waals surface area contributed by atoms with Crippen molar-refractivity contribution in [1.29, 1.82) is 0 Å². The van der Waals surface area contributed by atoms with Gasteiger partial charge in [-0.25, -0.2) is 8.42 Å². The Morgan fingerprint density at radius 3 is 2.56 bits per heavy atom. The number of piperidine rings is 1. The summed E-state index contributed by atoms with van der Waals surface area (Å²) in [6.07, 6.45) is 3.55. The van der Waals surface area contributed by atoms with E-state index in [1.165, 1.54) is 9.21 Å². The average molecular weight is 465 g/mol. The Morgan fingerprint density at radius 2 is 1.91 bits per heavy atom. The molecule has 178 valence electrons. The summed E-state index contributed by atoms with van der Waals surface area (Å²) in [5.41, 5.74) is 1.32. The Hall–Kier alpha value is -2.13. The van der Waals surface area contributed by atoms with Gasteiger partial charge in [0.2, 0.25) is 21.8 Å². The third-order valence-electron chi connectivity index (χ3n) is 6.29. The zero-order valence-corrected chi connectivity index (χ0v) is 20.5. The monoisotopic (exact) mass is 464 g/mol. The Bertz CT molecular complexity index is 943. The molecule has 2 heterocycles. The number of fused-ring (bicyclic) bond motifs is 3. The molecule has 0 saturated carbocycles. The molecule has 1 atom stereocenters. The van der Waals surface area contributed by atoms with Gasteiger partial charge in [-0.05, 0) is 49.8 Å². The number of carbonyl (C=O) groups is 2. The van der Waals surface area contributed by atoms with Crippen molar-refractivity contribution in [2.45, 2.75) is 64.3 Å². The Labute approximate surface area is 192 Å². The van der Waals surface area contributed by atoms with Crippen LogP contribution in [0.25, 0.3) is 0 Å². The molecule has 1 saturated heterocycles. The zero-order valence-electron chi connectivity index (χ0n) is 19.6. The molecule has 0 radical (unpaired) electrons. The normalized spacial score (nSPS) is 18.7. The highest BCUT2D eigenvalue weighted by molar-refractivity contribution is 7.89. The molecule has 0 unspecified atom stereocenters. The molecular weight excluding hydrogens is 428 g/mol. The van der Waals surface area contributed by atoms with Crippen LogP contribution in [0.1, 0.15) is 53.4 Å². The lowest BCUT2D eigenvalue weighted by Crippen LogP contribution is -2.57. The van der Waals surface area contributed by atoms with Gasteiger partial charge < -0.3 is 10.2 Å². The Balaban J connectivity index is 1.97. The molecule has 0 aromatic heterocycles. The second-order valence-electron chi connectivity index (χ2n) is 8.90. The van der Waals surface area contributed by atoms with Crippen LogP contribution >= 0.6 is 0 Å². The Morgan fingerprint density at radius 1 is 1.19 bits per heavy atom. The fourth-order valence-corrected chi connectivity index (χ4v) is 5.95. The fourth-order valence-electron chi connectivity index (χ4n) is 4.47. The largest absolute Gasteiger partial charge is 0.358 e. The highest BCUT2D eigenvalue weighted by Gasteiger charge is 2.40. The SMILES string of the molecule is CCN(CC)S(=O)(=O)c1ccc2c(c1)N(CC(=O)NCCC(C)C)C(=O)[C@H]1CCCCN21. The van der Waals surface area contributed by atoms with Crippen molar-refractivity contribution >= 4 is 33.2 Å². The molecule has 0 aliphatic carbocycles. The second kappa shape index (κ2) is 10.2. The maximum atomic E-state index is 13.4. The number of sulfonamides is 1. The lowest BCUT2D eigenvalue weighted by Gasteiger charge is -2.45. The first kappa shape index (κ1) is 24.5. The summed E-state index contributed by atoms with van der Waals surface area (Å²) in [6, 6.07) is 4.67. The van der Waals surface area contributed by atoms with Gasteiger partial charge >= 0.3 is 0 Å². The molecule has 8 nitrogen and oxygen atoms in total. The molecule has 1 N–H and O–H groups in total. The van der Waals surface area contributed by atoms with Gasteiger partial charge in [0.05, 0.1) is 16.3 Å². The third kappa shape index (κ3) is 4.93. The number of amides is 2. The van der Waals surface area contributed by atoms with Crippen molar-refractivity contribution in [3.8, 4) is 0 Å². The van der Waals surface area contributed by atoms with Crippen molar-refractivity contribution in [3.05, 3.63) is 18.2 Å². The molecule has 1 fully saturated rings. The standard InChI is InChI=1S/C23H36N4O4S/c1-5-25(6-2)32(30,31)18-10-11-19-21(15-18)27(16-22(28)24-13-12-17(3)4)23(29)20-9-7-8-14-26(19)20/h10-11,15,17,20H,5-9,12-14,16H2,1-4H3,(H,24,28)/t20-/m1/s1. The summed E-state index contributed by atoms with van der Waals surface area (Å²) in [6.45, 7) is 9.71. The van der Waals surface area contributed by atoms with Crippen LogP contribution in [-0.4, -0.2) is 63.3 Å². The minimum Gasteiger partial charge on any atom is -0.358 e. The minimum absolute atomic E-state index is 0.108. The summed E-state index contributed by atoms with van der Waals surface area (Å²) < 4.78 is 27.6. The minimum atomic E-state index is -3.68. The number of anilines is 2. The van der Waals surface area contributed by atoms with E-state index in [4.69, 9.17) is 0 Å². The quantitative estimate of drug-likeness (QED) is 0.607. The smallest absolute Gasteiger partial charge is 0.250 e. The molecule has 0 bridgehead atoms. The van der Waals surface area contributed by atoms with Gasteiger partial charge in [-0.1, -0.05) is 27.7 Å². The van der Waals surface area contributed by atoms with Gasteiger partial charge in [-0.3, -0.25) is 14.5 Å². The fraction of sp³-hybridized carbons (Fsp3) is 0.652. The third-order valence-corrected chi connectivity index (χ3v) is 8.34. The second-order valence-corrected chi connectivity index (χ2v) is 10.8. The number of rotatable bonds is 9. The van der Waals surface area contributed by atoms with Crippen molar-refractivity contribution in [2.75, 3.05) is 42.5 Å². The van der Waals surface area contributed by atoms with E-state index in [9.17, 15) is 18.0 Å². The van der Waals surface area contributed by atoms with Crippen LogP contribution in [0.15, 0.2) is 23.1 Å². The highest BCUT2D eigenvalue weighted by Crippen LogP contribution is 2.40. The van der Waals surface area contributed by atoms with Crippen LogP contribution in [0.3, 0.4) is 0 Å². The van der Waals surface area contributed by atoms with E-state index in [-0.39, 0.29) is 29.3 Å². The molecule has 1 aromatic carbocycles.